The van der Waals surface area contributed by atoms with Crippen LogP contribution in [0.25, 0.3) is 0 Å². The molecule has 0 aliphatic rings. The van der Waals surface area contributed by atoms with E-state index in [1.807, 2.05) is 12.1 Å². The smallest absolute Gasteiger partial charge is 0.0995 e. The molecule has 0 aliphatic carbocycles. The lowest BCUT2D eigenvalue weighted by molar-refractivity contribution is 1.36. The van der Waals surface area contributed by atoms with Gasteiger partial charge >= 0.3 is 0 Å². The van der Waals surface area contributed by atoms with Crippen molar-refractivity contribution in [2.24, 2.45) is 0 Å². The molecule has 4 heteroatoms. The second-order valence-corrected chi connectivity index (χ2v) is 4.37. The van der Waals surface area contributed by atoms with E-state index in [9.17, 15) is 0 Å². The molecule has 0 atom stereocenters. The molecule has 1 rings (SSSR count). The number of benzene rings is 1. The molecule has 62 valence electrons. The lowest BCUT2D eigenvalue weighted by Crippen LogP contribution is -1.88. The van der Waals surface area contributed by atoms with Gasteiger partial charge in [-0.1, -0.05) is 27.5 Å². The van der Waals surface area contributed by atoms with Crippen molar-refractivity contribution in [3.8, 4) is 6.07 Å². The predicted molar refractivity (Wildman–Crippen MR) is 61.5 cm³/mol. The Morgan fingerprint density at radius 3 is 2.75 bits per heavy atom. The maximum atomic E-state index is 8.77. The molecule has 0 radical (unpaired) electrons. The first-order chi connectivity index (χ1) is 5.69. The summed E-state index contributed by atoms with van der Waals surface area (Å²) in [5.41, 5.74) is 1.50. The average Bonchev–Trinajstić information content (AvgIpc) is 2.03. The van der Waals surface area contributed by atoms with E-state index in [2.05, 4.69) is 44.6 Å². The standard InChI is InChI=1S/C8H4BrClIN/c9-3-7-5(4-12)1-6(11)2-8(7)10/h1-2H,3H2. The van der Waals surface area contributed by atoms with Crippen LogP contribution in [0.5, 0.6) is 0 Å². The minimum atomic E-state index is 0.617. The maximum Gasteiger partial charge on any atom is 0.0995 e. The number of nitrogens with zero attached hydrogens (tertiary/aromatic N) is 1. The molecule has 0 saturated heterocycles. The van der Waals surface area contributed by atoms with Crippen LogP contribution in [0, 0.1) is 14.9 Å². The molecule has 0 heterocycles. The van der Waals surface area contributed by atoms with Gasteiger partial charge in [0.2, 0.25) is 0 Å². The summed E-state index contributed by atoms with van der Waals surface area (Å²) < 4.78 is 0.985. The number of rotatable bonds is 1. The second-order valence-electron chi connectivity index (χ2n) is 2.16. The Labute approximate surface area is 98.0 Å². The zero-order chi connectivity index (χ0) is 9.14. The summed E-state index contributed by atoms with van der Waals surface area (Å²) in [7, 11) is 0. The molecule has 1 aromatic carbocycles. The largest absolute Gasteiger partial charge is 0.192 e. The maximum absolute atomic E-state index is 8.77. The molecular weight excluding hydrogens is 352 g/mol. The Kier molecular flexibility index (Phi) is 3.81. The summed E-state index contributed by atoms with van der Waals surface area (Å²) in [5, 5.41) is 10.0. The van der Waals surface area contributed by atoms with Gasteiger partial charge in [-0.05, 0) is 40.3 Å². The SMILES string of the molecule is N#Cc1cc(I)cc(Cl)c1CBr. The van der Waals surface area contributed by atoms with Crippen molar-refractivity contribution in [2.75, 3.05) is 0 Å². The van der Waals surface area contributed by atoms with Crippen molar-refractivity contribution in [3.05, 3.63) is 31.9 Å². The minimum Gasteiger partial charge on any atom is -0.192 e. The summed E-state index contributed by atoms with van der Waals surface area (Å²) in [6, 6.07) is 5.78. The van der Waals surface area contributed by atoms with Gasteiger partial charge in [-0.2, -0.15) is 5.26 Å². The van der Waals surface area contributed by atoms with Crippen LogP contribution in [0.2, 0.25) is 5.02 Å². The first-order valence-corrected chi connectivity index (χ1v) is 5.71. The van der Waals surface area contributed by atoms with Gasteiger partial charge in [-0.15, -0.1) is 0 Å². The molecule has 1 aromatic rings. The Bertz CT molecular complexity index is 346. The fourth-order valence-electron chi connectivity index (χ4n) is 0.839. The molecule has 0 N–H and O–H groups in total. The van der Waals surface area contributed by atoms with E-state index in [1.54, 1.807) is 0 Å². The highest BCUT2D eigenvalue weighted by atomic mass is 127. The lowest BCUT2D eigenvalue weighted by Gasteiger charge is -2.02. The van der Waals surface area contributed by atoms with Crippen molar-refractivity contribution in [3.63, 3.8) is 0 Å². The number of nitriles is 1. The normalized spacial score (nSPS) is 9.50. The zero-order valence-corrected chi connectivity index (χ0v) is 10.4. The highest BCUT2D eigenvalue weighted by Crippen LogP contribution is 2.25. The Morgan fingerprint density at radius 2 is 2.25 bits per heavy atom. The van der Waals surface area contributed by atoms with Crippen LogP contribution in [-0.2, 0) is 5.33 Å². The third kappa shape index (κ3) is 2.12. The fraction of sp³-hybridized carbons (Fsp3) is 0.125. The first-order valence-electron chi connectivity index (χ1n) is 3.13. The lowest BCUT2D eigenvalue weighted by atomic mass is 10.1. The Balaban J connectivity index is 3.36. The molecular formula is C8H4BrClIN. The van der Waals surface area contributed by atoms with Crippen LogP contribution in [0.3, 0.4) is 0 Å². The van der Waals surface area contributed by atoms with Crippen LogP contribution >= 0.6 is 50.1 Å². The topological polar surface area (TPSA) is 23.8 Å². The van der Waals surface area contributed by atoms with Crippen LogP contribution in [0.15, 0.2) is 12.1 Å². The quantitative estimate of drug-likeness (QED) is 0.556. The molecule has 0 unspecified atom stereocenters. The van der Waals surface area contributed by atoms with Gasteiger partial charge in [0.05, 0.1) is 11.6 Å². The molecule has 0 spiro atoms. The summed E-state index contributed by atoms with van der Waals surface area (Å²) in [5.74, 6) is 0. The summed E-state index contributed by atoms with van der Waals surface area (Å²) in [6.07, 6.45) is 0. The second kappa shape index (κ2) is 4.45. The molecule has 1 nitrogen and oxygen atoms in total. The highest BCUT2D eigenvalue weighted by molar-refractivity contribution is 14.1. The van der Waals surface area contributed by atoms with Crippen LogP contribution in [0.1, 0.15) is 11.1 Å². The summed E-state index contributed by atoms with van der Waals surface area (Å²) >= 11 is 11.4. The highest BCUT2D eigenvalue weighted by Gasteiger charge is 2.06. The van der Waals surface area contributed by atoms with Gasteiger partial charge in [-0.25, -0.2) is 0 Å². The third-order valence-electron chi connectivity index (χ3n) is 1.41. The fourth-order valence-corrected chi connectivity index (χ4v) is 2.70. The summed E-state index contributed by atoms with van der Waals surface area (Å²) in [6.45, 7) is 0. The van der Waals surface area contributed by atoms with Gasteiger partial charge in [0.1, 0.15) is 0 Å². The Hall–Kier alpha value is 0.210. The van der Waals surface area contributed by atoms with E-state index < -0.39 is 0 Å². The number of alkyl halides is 1. The molecule has 0 aromatic heterocycles. The van der Waals surface area contributed by atoms with Crippen molar-refractivity contribution < 1.29 is 0 Å². The monoisotopic (exact) mass is 355 g/mol. The Morgan fingerprint density at radius 1 is 1.58 bits per heavy atom. The van der Waals surface area contributed by atoms with Crippen LogP contribution in [0.4, 0.5) is 0 Å². The summed E-state index contributed by atoms with van der Waals surface area (Å²) in [4.78, 5) is 0. The molecule has 0 aliphatic heterocycles. The molecule has 0 amide bonds. The van der Waals surface area contributed by atoms with E-state index >= 15 is 0 Å². The van der Waals surface area contributed by atoms with Crippen molar-refractivity contribution in [2.45, 2.75) is 5.33 Å². The van der Waals surface area contributed by atoms with Crippen LogP contribution in [-0.4, -0.2) is 0 Å². The molecule has 0 bridgehead atoms. The van der Waals surface area contributed by atoms with E-state index in [4.69, 9.17) is 16.9 Å². The first kappa shape index (κ1) is 10.3. The predicted octanol–water partition coefficient (Wildman–Crippen LogP) is 3.71. The zero-order valence-electron chi connectivity index (χ0n) is 5.94. The molecule has 12 heavy (non-hydrogen) atoms. The van der Waals surface area contributed by atoms with Crippen molar-refractivity contribution >= 4 is 50.1 Å². The minimum absolute atomic E-state index is 0.617. The van der Waals surface area contributed by atoms with Gasteiger partial charge < -0.3 is 0 Å². The van der Waals surface area contributed by atoms with Gasteiger partial charge in [0.25, 0.3) is 0 Å². The van der Waals surface area contributed by atoms with E-state index in [-0.39, 0.29) is 0 Å². The van der Waals surface area contributed by atoms with Gasteiger partial charge in [0, 0.05) is 13.9 Å². The number of halogens is 3. The van der Waals surface area contributed by atoms with Gasteiger partial charge in [-0.3, -0.25) is 0 Å². The van der Waals surface area contributed by atoms with Crippen LogP contribution < -0.4 is 0 Å². The van der Waals surface area contributed by atoms with Crippen molar-refractivity contribution in [1.29, 1.82) is 5.26 Å². The van der Waals surface area contributed by atoms with E-state index in [1.165, 1.54) is 0 Å². The van der Waals surface area contributed by atoms with Crippen molar-refractivity contribution in [1.82, 2.24) is 0 Å². The average molecular weight is 356 g/mol. The molecule has 0 saturated carbocycles. The van der Waals surface area contributed by atoms with E-state index in [0.717, 1.165) is 9.13 Å². The van der Waals surface area contributed by atoms with Gasteiger partial charge in [0.15, 0.2) is 0 Å². The number of hydrogen-bond donors (Lipinski definition) is 0. The third-order valence-corrected chi connectivity index (χ3v) is 2.94. The molecule has 0 fully saturated rings. The van der Waals surface area contributed by atoms with E-state index in [0.29, 0.717) is 15.9 Å². The number of hydrogen-bond acceptors (Lipinski definition) is 1.